The molecule has 0 spiro atoms. The van der Waals surface area contributed by atoms with Crippen molar-refractivity contribution in [1.29, 1.82) is 0 Å². The monoisotopic (exact) mass is 595 g/mol. The molecule has 2 rings (SSSR count). The van der Waals surface area contributed by atoms with Gasteiger partial charge in [0.15, 0.2) is 0 Å². The molecule has 3 unspecified atom stereocenters. The van der Waals surface area contributed by atoms with E-state index in [2.05, 4.69) is 21.3 Å². The van der Waals surface area contributed by atoms with Gasteiger partial charge in [0.05, 0.1) is 12.1 Å². The zero-order valence-electron chi connectivity index (χ0n) is 25.3. The molecular weight excluding hydrogens is 542 g/mol. The number of carbonyl (C=O) groups is 5. The van der Waals surface area contributed by atoms with Gasteiger partial charge in [-0.25, -0.2) is 4.79 Å². The van der Waals surface area contributed by atoms with Crippen molar-refractivity contribution in [2.45, 2.75) is 127 Å². The van der Waals surface area contributed by atoms with Crippen molar-refractivity contribution in [2.24, 2.45) is 0 Å². The fourth-order valence-electron chi connectivity index (χ4n) is 5.29. The normalized spacial score (nSPS) is 19.3. The molecule has 4 N–H and O–H groups in total. The van der Waals surface area contributed by atoms with Gasteiger partial charge in [0, 0.05) is 63.4 Å². The van der Waals surface area contributed by atoms with Crippen LogP contribution in [0.3, 0.4) is 0 Å². The SMILES string of the molecule is CC(=O)CCCCCNC(=O)CCCCCNC(=O)CCCCCN(C)C(=O)CCCCC1SCC2NC(=O)NC21. The maximum atomic E-state index is 12.4. The van der Waals surface area contributed by atoms with Crippen LogP contribution in [0.4, 0.5) is 4.79 Å². The summed E-state index contributed by atoms with van der Waals surface area (Å²) in [4.78, 5) is 60.5. The molecule has 0 aromatic heterocycles. The van der Waals surface area contributed by atoms with Crippen LogP contribution in [0.1, 0.15) is 110 Å². The third-order valence-electron chi connectivity index (χ3n) is 7.82. The van der Waals surface area contributed by atoms with Gasteiger partial charge < -0.3 is 31.0 Å². The van der Waals surface area contributed by atoms with Crippen LogP contribution in [0.25, 0.3) is 0 Å². The highest BCUT2D eigenvalue weighted by Crippen LogP contribution is 2.33. The average molecular weight is 596 g/mol. The van der Waals surface area contributed by atoms with Crippen LogP contribution in [0.2, 0.25) is 0 Å². The van der Waals surface area contributed by atoms with E-state index in [9.17, 15) is 24.0 Å². The predicted octanol–water partition coefficient (Wildman–Crippen LogP) is 3.67. The van der Waals surface area contributed by atoms with Gasteiger partial charge >= 0.3 is 6.03 Å². The molecule has 3 atom stereocenters. The lowest BCUT2D eigenvalue weighted by atomic mass is 10.0. The van der Waals surface area contributed by atoms with E-state index in [-0.39, 0.29) is 41.6 Å². The molecule has 2 aliphatic rings. The zero-order chi connectivity index (χ0) is 29.9. The van der Waals surface area contributed by atoms with Crippen molar-refractivity contribution >= 4 is 41.3 Å². The quantitative estimate of drug-likeness (QED) is 0.105. The van der Waals surface area contributed by atoms with E-state index in [1.54, 1.807) is 11.8 Å². The summed E-state index contributed by atoms with van der Waals surface area (Å²) in [5, 5.41) is 12.3. The highest BCUT2D eigenvalue weighted by molar-refractivity contribution is 8.00. The highest BCUT2D eigenvalue weighted by Gasteiger charge is 2.42. The molecule has 10 nitrogen and oxygen atoms in total. The van der Waals surface area contributed by atoms with Gasteiger partial charge in [-0.05, 0) is 58.3 Å². The van der Waals surface area contributed by atoms with Gasteiger partial charge in [-0.3, -0.25) is 14.4 Å². The Labute approximate surface area is 250 Å². The first kappa shape index (κ1) is 34.9. The summed E-state index contributed by atoms with van der Waals surface area (Å²) in [6.45, 7) is 3.63. The van der Waals surface area contributed by atoms with Crippen LogP contribution >= 0.6 is 11.8 Å². The summed E-state index contributed by atoms with van der Waals surface area (Å²) in [5.41, 5.74) is 0. The van der Waals surface area contributed by atoms with Gasteiger partial charge in [-0.2, -0.15) is 11.8 Å². The Bertz CT molecular complexity index is 842. The number of nitrogens with one attached hydrogen (secondary N) is 4. The van der Waals surface area contributed by atoms with E-state index >= 15 is 0 Å². The second kappa shape index (κ2) is 20.6. The lowest BCUT2D eigenvalue weighted by Crippen LogP contribution is -2.36. The molecule has 0 bridgehead atoms. The van der Waals surface area contributed by atoms with Gasteiger partial charge in [-0.1, -0.05) is 25.7 Å². The minimum absolute atomic E-state index is 0.0564. The third kappa shape index (κ3) is 15.5. The van der Waals surface area contributed by atoms with Crippen LogP contribution in [0, 0.1) is 0 Å². The molecule has 0 aliphatic carbocycles. The molecule has 2 fully saturated rings. The van der Waals surface area contributed by atoms with Crippen LogP contribution < -0.4 is 21.3 Å². The maximum Gasteiger partial charge on any atom is 0.315 e. The lowest BCUT2D eigenvalue weighted by molar-refractivity contribution is -0.130. The Hall–Kier alpha value is -2.30. The summed E-state index contributed by atoms with van der Waals surface area (Å²) < 4.78 is 0. The minimum atomic E-state index is -0.0564. The molecular formula is C30H53N5O5S. The molecule has 0 radical (unpaired) electrons. The van der Waals surface area contributed by atoms with E-state index in [4.69, 9.17) is 0 Å². The largest absolute Gasteiger partial charge is 0.356 e. The Morgan fingerprint density at radius 1 is 0.780 bits per heavy atom. The van der Waals surface area contributed by atoms with Crippen molar-refractivity contribution in [3.8, 4) is 0 Å². The van der Waals surface area contributed by atoms with Gasteiger partial charge in [0.1, 0.15) is 5.78 Å². The summed E-state index contributed by atoms with van der Waals surface area (Å²) >= 11 is 1.91. The van der Waals surface area contributed by atoms with Crippen LogP contribution in [0.15, 0.2) is 0 Å². The first-order chi connectivity index (χ1) is 19.8. The Balaban J connectivity index is 1.34. The number of nitrogens with zero attached hydrogens (tertiary/aromatic N) is 1. The van der Waals surface area contributed by atoms with Crippen LogP contribution in [-0.4, -0.2) is 84.2 Å². The van der Waals surface area contributed by atoms with Crippen molar-refractivity contribution in [1.82, 2.24) is 26.2 Å². The number of carbonyl (C=O) groups excluding carboxylic acids is 5. The third-order valence-corrected chi connectivity index (χ3v) is 9.33. The molecule has 41 heavy (non-hydrogen) atoms. The number of Topliss-reactive ketones (excluding diaryl/α,β-unsaturated/α-hetero) is 1. The Morgan fingerprint density at radius 3 is 2.00 bits per heavy atom. The molecule has 2 saturated heterocycles. The Kier molecular flexibility index (Phi) is 17.5. The standard InChI is InChI=1S/C30H53N5O5S/c1-23(36)14-6-3-11-19-31-26(37)16-7-4-12-20-32-27(38)17-8-5-13-21-35(2)28(39)18-10-9-15-25-29-24(22-41-25)33-30(40)34-29/h24-25,29H,3-22H2,1-2H3,(H,31,37)(H,32,38)(H2,33,34,40). The van der Waals surface area contributed by atoms with Gasteiger partial charge in [0.2, 0.25) is 17.7 Å². The topological polar surface area (TPSA) is 137 Å². The van der Waals surface area contributed by atoms with Crippen LogP contribution in [0.5, 0.6) is 0 Å². The number of thioether (sulfide) groups is 1. The number of rotatable bonds is 23. The van der Waals surface area contributed by atoms with Crippen molar-refractivity contribution < 1.29 is 24.0 Å². The van der Waals surface area contributed by atoms with E-state index in [0.717, 1.165) is 82.8 Å². The number of fused-ring (bicyclic) bond motifs is 1. The molecule has 5 amide bonds. The summed E-state index contributed by atoms with van der Waals surface area (Å²) in [6.07, 6.45) is 13.0. The van der Waals surface area contributed by atoms with Crippen LogP contribution in [-0.2, 0) is 19.2 Å². The number of ketones is 1. The van der Waals surface area contributed by atoms with E-state index < -0.39 is 0 Å². The van der Waals surface area contributed by atoms with E-state index in [1.807, 2.05) is 18.8 Å². The Morgan fingerprint density at radius 2 is 1.37 bits per heavy atom. The maximum absolute atomic E-state index is 12.4. The molecule has 11 heteroatoms. The number of urea groups is 1. The minimum Gasteiger partial charge on any atom is -0.356 e. The smallest absolute Gasteiger partial charge is 0.315 e. The number of hydrogen-bond acceptors (Lipinski definition) is 6. The van der Waals surface area contributed by atoms with E-state index in [0.29, 0.717) is 50.6 Å². The van der Waals surface area contributed by atoms with Crippen molar-refractivity contribution in [3.63, 3.8) is 0 Å². The zero-order valence-corrected chi connectivity index (χ0v) is 26.1. The number of hydrogen-bond donors (Lipinski definition) is 4. The average Bonchev–Trinajstić information content (AvgIpc) is 3.49. The number of unbranched alkanes of at least 4 members (excludes halogenated alkanes) is 7. The molecule has 0 aromatic rings. The molecule has 0 saturated carbocycles. The molecule has 2 aliphatic heterocycles. The highest BCUT2D eigenvalue weighted by atomic mass is 32.2. The summed E-state index contributed by atoms with van der Waals surface area (Å²) in [5.74, 6) is 1.50. The van der Waals surface area contributed by atoms with Gasteiger partial charge in [0.25, 0.3) is 0 Å². The lowest BCUT2D eigenvalue weighted by Gasteiger charge is -2.18. The molecule has 2 heterocycles. The second-order valence-corrected chi connectivity index (χ2v) is 12.8. The summed E-state index contributed by atoms with van der Waals surface area (Å²) in [6, 6.07) is 0.420. The first-order valence-corrected chi connectivity index (χ1v) is 16.8. The fourth-order valence-corrected chi connectivity index (χ4v) is 6.83. The van der Waals surface area contributed by atoms with Gasteiger partial charge in [-0.15, -0.1) is 0 Å². The molecule has 234 valence electrons. The van der Waals surface area contributed by atoms with Crippen molar-refractivity contribution in [3.05, 3.63) is 0 Å². The first-order valence-electron chi connectivity index (χ1n) is 15.7. The second-order valence-electron chi connectivity index (χ2n) is 11.5. The number of amides is 5. The summed E-state index contributed by atoms with van der Waals surface area (Å²) in [7, 11) is 1.86. The predicted molar refractivity (Wildman–Crippen MR) is 164 cm³/mol. The van der Waals surface area contributed by atoms with Crippen molar-refractivity contribution in [2.75, 3.05) is 32.4 Å². The van der Waals surface area contributed by atoms with E-state index in [1.165, 1.54) is 0 Å². The molecule has 0 aromatic carbocycles. The fraction of sp³-hybridized carbons (Fsp3) is 0.833.